The summed E-state index contributed by atoms with van der Waals surface area (Å²) in [6.45, 7) is 2.79. The van der Waals surface area contributed by atoms with Crippen LogP contribution in [-0.2, 0) is 4.74 Å². The summed E-state index contributed by atoms with van der Waals surface area (Å²) >= 11 is 0. The maximum atomic E-state index is 11.8. The molecule has 2 rings (SSSR count). The number of hydrogen-bond donors (Lipinski definition) is 0. The highest BCUT2D eigenvalue weighted by molar-refractivity contribution is 5.76. The second-order valence-corrected chi connectivity index (χ2v) is 3.21. The number of amides is 1. The Morgan fingerprint density at radius 1 is 1.36 bits per heavy atom. The summed E-state index contributed by atoms with van der Waals surface area (Å²) in [5.74, 6) is 0. The summed E-state index contributed by atoms with van der Waals surface area (Å²) in [5.41, 5.74) is 0. The van der Waals surface area contributed by atoms with Crippen molar-refractivity contribution in [2.45, 2.75) is 6.42 Å². The fourth-order valence-electron chi connectivity index (χ4n) is 1.47. The molecule has 0 aliphatic carbocycles. The Bertz CT molecular complexity index is 289. The van der Waals surface area contributed by atoms with Gasteiger partial charge in [-0.15, -0.1) is 0 Å². The molecule has 1 aliphatic heterocycles. The van der Waals surface area contributed by atoms with Gasteiger partial charge in [0.25, 0.3) is 0 Å². The first kappa shape index (κ1) is 9.21. The molecular weight excluding hydrogens is 182 g/mol. The van der Waals surface area contributed by atoms with Gasteiger partial charge in [0.2, 0.25) is 0 Å². The van der Waals surface area contributed by atoms with Crippen molar-refractivity contribution < 1.29 is 9.53 Å². The SMILES string of the molecule is O=C(N1CCCOCC1)n1ccnc1. The van der Waals surface area contributed by atoms with E-state index in [-0.39, 0.29) is 6.03 Å². The molecule has 1 aromatic heterocycles. The van der Waals surface area contributed by atoms with Crippen LogP contribution in [0, 0.1) is 0 Å². The van der Waals surface area contributed by atoms with E-state index in [4.69, 9.17) is 4.74 Å². The predicted molar refractivity (Wildman–Crippen MR) is 50.0 cm³/mol. The van der Waals surface area contributed by atoms with Gasteiger partial charge in [0.15, 0.2) is 0 Å². The molecule has 76 valence electrons. The van der Waals surface area contributed by atoms with E-state index in [1.54, 1.807) is 17.3 Å². The van der Waals surface area contributed by atoms with Crippen molar-refractivity contribution in [3.63, 3.8) is 0 Å². The fourth-order valence-corrected chi connectivity index (χ4v) is 1.47. The van der Waals surface area contributed by atoms with Gasteiger partial charge in [-0.05, 0) is 6.42 Å². The molecule has 1 amide bonds. The number of carbonyl (C=O) groups excluding carboxylic acids is 1. The average Bonchev–Trinajstić information content (AvgIpc) is 2.59. The zero-order valence-corrected chi connectivity index (χ0v) is 7.93. The summed E-state index contributed by atoms with van der Waals surface area (Å²) in [7, 11) is 0. The van der Waals surface area contributed by atoms with Gasteiger partial charge >= 0.3 is 6.03 Å². The number of hydrogen-bond acceptors (Lipinski definition) is 3. The van der Waals surface area contributed by atoms with E-state index >= 15 is 0 Å². The maximum Gasteiger partial charge on any atom is 0.329 e. The first-order valence-electron chi connectivity index (χ1n) is 4.73. The van der Waals surface area contributed by atoms with E-state index in [0.29, 0.717) is 13.2 Å². The Morgan fingerprint density at radius 3 is 3.07 bits per heavy atom. The lowest BCUT2D eigenvalue weighted by molar-refractivity contribution is 0.142. The molecule has 0 radical (unpaired) electrons. The van der Waals surface area contributed by atoms with E-state index in [0.717, 1.165) is 19.6 Å². The van der Waals surface area contributed by atoms with Crippen molar-refractivity contribution >= 4 is 6.03 Å². The van der Waals surface area contributed by atoms with Crippen molar-refractivity contribution in [1.29, 1.82) is 0 Å². The number of aromatic nitrogens is 2. The third kappa shape index (κ3) is 1.93. The van der Waals surface area contributed by atoms with Gasteiger partial charge in [0.1, 0.15) is 6.33 Å². The Morgan fingerprint density at radius 2 is 2.29 bits per heavy atom. The molecule has 1 aliphatic rings. The van der Waals surface area contributed by atoms with Gasteiger partial charge in [-0.1, -0.05) is 0 Å². The predicted octanol–water partition coefficient (Wildman–Crippen LogP) is 0.573. The van der Waals surface area contributed by atoms with Crippen molar-refractivity contribution in [2.24, 2.45) is 0 Å². The van der Waals surface area contributed by atoms with Gasteiger partial charge in [-0.25, -0.2) is 9.78 Å². The van der Waals surface area contributed by atoms with E-state index < -0.39 is 0 Å². The van der Waals surface area contributed by atoms with Crippen molar-refractivity contribution in [2.75, 3.05) is 26.3 Å². The average molecular weight is 195 g/mol. The van der Waals surface area contributed by atoms with Crippen LogP contribution in [0.2, 0.25) is 0 Å². The standard InChI is InChI=1S/C9H13N3O2/c13-9(12-4-2-10-8-12)11-3-1-6-14-7-5-11/h2,4,8H,1,3,5-7H2. The van der Waals surface area contributed by atoms with E-state index in [2.05, 4.69) is 4.98 Å². The highest BCUT2D eigenvalue weighted by Crippen LogP contribution is 2.02. The molecule has 14 heavy (non-hydrogen) atoms. The van der Waals surface area contributed by atoms with Crippen LogP contribution in [0.25, 0.3) is 0 Å². The highest BCUT2D eigenvalue weighted by atomic mass is 16.5. The smallest absolute Gasteiger partial charge is 0.329 e. The third-order valence-corrected chi connectivity index (χ3v) is 2.22. The first-order chi connectivity index (χ1) is 6.88. The van der Waals surface area contributed by atoms with Crippen molar-refractivity contribution in [1.82, 2.24) is 14.5 Å². The van der Waals surface area contributed by atoms with Gasteiger partial charge in [-0.2, -0.15) is 0 Å². The van der Waals surface area contributed by atoms with Crippen LogP contribution < -0.4 is 0 Å². The Labute approximate surface area is 82.3 Å². The number of nitrogens with zero attached hydrogens (tertiary/aromatic N) is 3. The molecule has 0 spiro atoms. The molecule has 0 bridgehead atoms. The quantitative estimate of drug-likeness (QED) is 0.608. The van der Waals surface area contributed by atoms with Gasteiger partial charge in [0.05, 0.1) is 6.61 Å². The minimum absolute atomic E-state index is 0.0204. The zero-order valence-electron chi connectivity index (χ0n) is 7.93. The van der Waals surface area contributed by atoms with Crippen molar-refractivity contribution in [3.8, 4) is 0 Å². The van der Waals surface area contributed by atoms with Crippen LogP contribution in [0.3, 0.4) is 0 Å². The molecule has 0 unspecified atom stereocenters. The summed E-state index contributed by atoms with van der Waals surface area (Å²) in [5, 5.41) is 0. The van der Waals surface area contributed by atoms with Crippen molar-refractivity contribution in [3.05, 3.63) is 18.7 Å². The molecule has 0 aromatic carbocycles. The Kier molecular flexibility index (Phi) is 2.78. The molecule has 5 nitrogen and oxygen atoms in total. The number of ether oxygens (including phenoxy) is 1. The summed E-state index contributed by atoms with van der Waals surface area (Å²) < 4.78 is 6.76. The van der Waals surface area contributed by atoms with E-state index in [1.165, 1.54) is 10.9 Å². The number of carbonyl (C=O) groups is 1. The summed E-state index contributed by atoms with van der Waals surface area (Å²) in [6.07, 6.45) is 5.69. The summed E-state index contributed by atoms with van der Waals surface area (Å²) in [4.78, 5) is 17.4. The molecular formula is C9H13N3O2. The monoisotopic (exact) mass is 195 g/mol. The maximum absolute atomic E-state index is 11.8. The van der Waals surface area contributed by atoms with Crippen LogP contribution in [0.1, 0.15) is 6.42 Å². The Hall–Kier alpha value is -1.36. The molecule has 0 N–H and O–H groups in total. The highest BCUT2D eigenvalue weighted by Gasteiger charge is 2.16. The van der Waals surface area contributed by atoms with Gasteiger partial charge < -0.3 is 9.64 Å². The van der Waals surface area contributed by atoms with Crippen LogP contribution in [-0.4, -0.2) is 46.8 Å². The lowest BCUT2D eigenvalue weighted by Crippen LogP contribution is -2.35. The zero-order chi connectivity index (χ0) is 9.80. The number of imidazole rings is 1. The molecule has 1 fully saturated rings. The molecule has 0 saturated carbocycles. The van der Waals surface area contributed by atoms with Crippen LogP contribution in [0.15, 0.2) is 18.7 Å². The topological polar surface area (TPSA) is 47.4 Å². The van der Waals surface area contributed by atoms with Gasteiger partial charge in [0, 0.05) is 32.1 Å². The van der Waals surface area contributed by atoms with Gasteiger partial charge in [-0.3, -0.25) is 4.57 Å². The minimum atomic E-state index is -0.0204. The minimum Gasteiger partial charge on any atom is -0.380 e. The third-order valence-electron chi connectivity index (χ3n) is 2.22. The molecule has 2 heterocycles. The Balaban J connectivity index is 2.03. The van der Waals surface area contributed by atoms with Crippen LogP contribution in [0.4, 0.5) is 4.79 Å². The number of rotatable bonds is 0. The fraction of sp³-hybridized carbons (Fsp3) is 0.556. The van der Waals surface area contributed by atoms with Crippen LogP contribution >= 0.6 is 0 Å². The molecule has 5 heteroatoms. The molecule has 1 saturated heterocycles. The first-order valence-corrected chi connectivity index (χ1v) is 4.73. The molecule has 1 aromatic rings. The van der Waals surface area contributed by atoms with E-state index in [9.17, 15) is 4.79 Å². The lowest BCUT2D eigenvalue weighted by Gasteiger charge is -2.19. The second-order valence-electron chi connectivity index (χ2n) is 3.21. The van der Waals surface area contributed by atoms with Crippen LogP contribution in [0.5, 0.6) is 0 Å². The largest absolute Gasteiger partial charge is 0.380 e. The summed E-state index contributed by atoms with van der Waals surface area (Å²) in [6, 6.07) is -0.0204. The lowest BCUT2D eigenvalue weighted by atomic mass is 10.4. The molecule has 0 atom stereocenters. The second kappa shape index (κ2) is 4.23. The normalized spacial score (nSPS) is 17.9. The van der Waals surface area contributed by atoms with E-state index in [1.807, 2.05) is 0 Å².